The van der Waals surface area contributed by atoms with Crippen LogP contribution in [0, 0.1) is 11.3 Å². The molecule has 1 amide bonds. The summed E-state index contributed by atoms with van der Waals surface area (Å²) in [5, 5.41) is 0. The minimum Gasteiger partial charge on any atom is -0.381 e. The number of amides is 1. The minimum atomic E-state index is 0.0136. The molecule has 0 radical (unpaired) electrons. The van der Waals surface area contributed by atoms with Gasteiger partial charge in [0.15, 0.2) is 0 Å². The first-order valence-electron chi connectivity index (χ1n) is 9.35. The summed E-state index contributed by atoms with van der Waals surface area (Å²) in [4.78, 5) is 21.5. The number of pyridine rings is 1. The van der Waals surface area contributed by atoms with E-state index < -0.39 is 0 Å². The van der Waals surface area contributed by atoms with Crippen molar-refractivity contribution in [3.8, 4) is 0 Å². The number of nitrogens with zero attached hydrogens (tertiary/aromatic N) is 3. The van der Waals surface area contributed by atoms with Gasteiger partial charge < -0.3 is 19.3 Å². The van der Waals surface area contributed by atoms with Gasteiger partial charge in [0.1, 0.15) is 0 Å². The van der Waals surface area contributed by atoms with Crippen LogP contribution in [0.1, 0.15) is 19.3 Å². The molecule has 0 aliphatic carbocycles. The highest BCUT2D eigenvalue weighted by molar-refractivity contribution is 5.79. The van der Waals surface area contributed by atoms with Gasteiger partial charge in [-0.3, -0.25) is 9.78 Å². The number of anilines is 1. The lowest BCUT2D eigenvalue weighted by molar-refractivity contribution is -0.139. The Balaban J connectivity index is 1.49. The summed E-state index contributed by atoms with van der Waals surface area (Å²) in [6.45, 7) is 6.20. The zero-order valence-electron chi connectivity index (χ0n) is 14.7. The molecule has 25 heavy (non-hydrogen) atoms. The summed E-state index contributed by atoms with van der Waals surface area (Å²) in [6.07, 6.45) is 6.73. The van der Waals surface area contributed by atoms with E-state index in [9.17, 15) is 4.79 Å². The number of ether oxygens (including phenoxy) is 2. The normalized spacial score (nSPS) is 30.5. The molecule has 2 unspecified atom stereocenters. The molecule has 3 fully saturated rings. The highest BCUT2D eigenvalue weighted by atomic mass is 16.5. The molecule has 1 aromatic heterocycles. The van der Waals surface area contributed by atoms with E-state index in [1.165, 1.54) is 0 Å². The van der Waals surface area contributed by atoms with E-state index in [4.69, 9.17) is 9.47 Å². The standard InChI is InChI=1S/C19H27N3O3/c23-18(16-4-9-24-12-16)22-7-2-5-19(14-22)13-21(8-10-25-15-19)17-3-1-6-20-11-17/h1,3,6,11,16H,2,4-5,7-10,12-15H2. The second-order valence-corrected chi connectivity index (χ2v) is 7.61. The quantitative estimate of drug-likeness (QED) is 0.814. The number of aromatic nitrogens is 1. The van der Waals surface area contributed by atoms with Crippen LogP contribution in [0.15, 0.2) is 24.5 Å². The van der Waals surface area contributed by atoms with E-state index in [-0.39, 0.29) is 17.2 Å². The first-order valence-corrected chi connectivity index (χ1v) is 9.35. The molecule has 1 spiro atoms. The van der Waals surface area contributed by atoms with Crippen LogP contribution in [-0.2, 0) is 14.3 Å². The van der Waals surface area contributed by atoms with Crippen LogP contribution in [0.25, 0.3) is 0 Å². The zero-order chi connectivity index (χ0) is 17.1. The van der Waals surface area contributed by atoms with Crippen LogP contribution in [-0.4, -0.2) is 68.4 Å². The summed E-state index contributed by atoms with van der Waals surface area (Å²) >= 11 is 0. The van der Waals surface area contributed by atoms with E-state index in [1.807, 2.05) is 12.3 Å². The molecular weight excluding hydrogens is 318 g/mol. The third-order valence-corrected chi connectivity index (χ3v) is 5.70. The van der Waals surface area contributed by atoms with Crippen LogP contribution < -0.4 is 4.90 Å². The third-order valence-electron chi connectivity index (χ3n) is 5.70. The number of hydrogen-bond donors (Lipinski definition) is 0. The number of carbonyl (C=O) groups is 1. The van der Waals surface area contributed by atoms with Gasteiger partial charge in [0, 0.05) is 44.4 Å². The first-order chi connectivity index (χ1) is 12.3. The van der Waals surface area contributed by atoms with Crippen LogP contribution in [0.5, 0.6) is 0 Å². The van der Waals surface area contributed by atoms with Gasteiger partial charge in [0.05, 0.1) is 37.6 Å². The average Bonchev–Trinajstić information content (AvgIpc) is 3.12. The molecule has 3 aliphatic heterocycles. The molecular formula is C19H27N3O3. The molecule has 3 aliphatic rings. The smallest absolute Gasteiger partial charge is 0.228 e. The van der Waals surface area contributed by atoms with E-state index in [1.54, 1.807) is 6.20 Å². The summed E-state index contributed by atoms with van der Waals surface area (Å²) < 4.78 is 11.4. The SMILES string of the molecule is O=C(C1CCOC1)N1CCCC2(COCCN(c3cccnc3)C2)C1. The van der Waals surface area contributed by atoms with Gasteiger partial charge in [-0.05, 0) is 31.4 Å². The Bertz CT molecular complexity index is 591. The second-order valence-electron chi connectivity index (χ2n) is 7.61. The van der Waals surface area contributed by atoms with E-state index in [2.05, 4.69) is 20.9 Å². The van der Waals surface area contributed by atoms with Gasteiger partial charge in [-0.25, -0.2) is 0 Å². The minimum absolute atomic E-state index is 0.0136. The molecule has 4 heterocycles. The molecule has 6 nitrogen and oxygen atoms in total. The maximum Gasteiger partial charge on any atom is 0.228 e. The Kier molecular flexibility index (Phi) is 4.90. The number of carbonyl (C=O) groups excluding carboxylic acids is 1. The molecule has 1 aromatic rings. The lowest BCUT2D eigenvalue weighted by atomic mass is 9.79. The first kappa shape index (κ1) is 16.8. The summed E-state index contributed by atoms with van der Waals surface area (Å²) in [6, 6.07) is 4.08. The molecule has 6 heteroatoms. The summed E-state index contributed by atoms with van der Waals surface area (Å²) in [7, 11) is 0. The van der Waals surface area contributed by atoms with Crippen LogP contribution in [0.3, 0.4) is 0 Å². The second kappa shape index (κ2) is 7.30. The van der Waals surface area contributed by atoms with Crippen LogP contribution in [0.4, 0.5) is 5.69 Å². The fraction of sp³-hybridized carbons (Fsp3) is 0.684. The fourth-order valence-electron chi connectivity index (χ4n) is 4.38. The molecule has 4 rings (SSSR count). The topological polar surface area (TPSA) is 54.9 Å². The van der Waals surface area contributed by atoms with Crippen molar-refractivity contribution in [3.63, 3.8) is 0 Å². The lowest BCUT2D eigenvalue weighted by Crippen LogP contribution is -2.53. The molecule has 3 saturated heterocycles. The number of likely N-dealkylation sites (tertiary alicyclic amines) is 1. The van der Waals surface area contributed by atoms with Crippen LogP contribution >= 0.6 is 0 Å². The van der Waals surface area contributed by atoms with E-state index >= 15 is 0 Å². The molecule has 136 valence electrons. The Morgan fingerprint density at radius 3 is 3.00 bits per heavy atom. The van der Waals surface area contributed by atoms with Crippen molar-refractivity contribution in [1.82, 2.24) is 9.88 Å². The number of rotatable bonds is 2. The Hall–Kier alpha value is -1.66. The maximum atomic E-state index is 12.8. The van der Waals surface area contributed by atoms with Crippen molar-refractivity contribution >= 4 is 11.6 Å². The predicted molar refractivity (Wildman–Crippen MR) is 94.4 cm³/mol. The molecule has 0 bridgehead atoms. The van der Waals surface area contributed by atoms with Gasteiger partial charge in [-0.15, -0.1) is 0 Å². The maximum absolute atomic E-state index is 12.8. The Morgan fingerprint density at radius 1 is 1.24 bits per heavy atom. The Morgan fingerprint density at radius 2 is 2.20 bits per heavy atom. The van der Waals surface area contributed by atoms with E-state index in [0.29, 0.717) is 13.2 Å². The molecule has 0 saturated carbocycles. The number of piperidine rings is 1. The van der Waals surface area contributed by atoms with Gasteiger partial charge in [0.2, 0.25) is 5.91 Å². The zero-order valence-corrected chi connectivity index (χ0v) is 14.7. The monoisotopic (exact) mass is 345 g/mol. The molecule has 0 aromatic carbocycles. The highest BCUT2D eigenvalue weighted by Crippen LogP contribution is 2.35. The van der Waals surface area contributed by atoms with Crippen molar-refractivity contribution in [2.45, 2.75) is 19.3 Å². The summed E-state index contributed by atoms with van der Waals surface area (Å²) in [5.74, 6) is 0.324. The van der Waals surface area contributed by atoms with Crippen molar-refractivity contribution in [2.75, 3.05) is 57.5 Å². The lowest BCUT2D eigenvalue weighted by Gasteiger charge is -2.44. The van der Waals surface area contributed by atoms with Crippen molar-refractivity contribution in [2.24, 2.45) is 11.3 Å². The van der Waals surface area contributed by atoms with Crippen molar-refractivity contribution in [3.05, 3.63) is 24.5 Å². The molecule has 2 atom stereocenters. The molecule has 0 N–H and O–H groups in total. The van der Waals surface area contributed by atoms with E-state index in [0.717, 1.165) is 64.3 Å². The van der Waals surface area contributed by atoms with Gasteiger partial charge in [-0.2, -0.15) is 0 Å². The van der Waals surface area contributed by atoms with Gasteiger partial charge in [-0.1, -0.05) is 0 Å². The number of hydrogen-bond acceptors (Lipinski definition) is 5. The highest BCUT2D eigenvalue weighted by Gasteiger charge is 2.41. The van der Waals surface area contributed by atoms with Gasteiger partial charge in [0.25, 0.3) is 0 Å². The Labute approximate surface area is 149 Å². The predicted octanol–water partition coefficient (Wildman–Crippen LogP) is 1.56. The average molecular weight is 345 g/mol. The van der Waals surface area contributed by atoms with Crippen LogP contribution in [0.2, 0.25) is 0 Å². The summed E-state index contributed by atoms with van der Waals surface area (Å²) in [5.41, 5.74) is 1.15. The third kappa shape index (κ3) is 3.65. The van der Waals surface area contributed by atoms with Crippen molar-refractivity contribution < 1.29 is 14.3 Å². The fourth-order valence-corrected chi connectivity index (χ4v) is 4.38. The van der Waals surface area contributed by atoms with Gasteiger partial charge >= 0.3 is 0 Å². The van der Waals surface area contributed by atoms with Crippen molar-refractivity contribution in [1.29, 1.82) is 0 Å². The largest absolute Gasteiger partial charge is 0.381 e.